The molecule has 0 aliphatic carbocycles. The first-order valence-electron chi connectivity index (χ1n) is 5.41. The summed E-state index contributed by atoms with van der Waals surface area (Å²) in [6.07, 6.45) is 4.55. The molecule has 0 bridgehead atoms. The van der Waals surface area contributed by atoms with Gasteiger partial charge in [0.25, 0.3) is 0 Å². The Balaban J connectivity index is 3.99. The summed E-state index contributed by atoms with van der Waals surface area (Å²) in [5, 5.41) is 0. The van der Waals surface area contributed by atoms with Gasteiger partial charge in [0, 0.05) is 6.54 Å². The molecule has 0 rings (SSSR count). The minimum Gasteiger partial charge on any atom is -0.303 e. The molecular formula is C12H25N. The van der Waals surface area contributed by atoms with Crippen molar-refractivity contribution in [2.45, 2.75) is 40.5 Å². The Labute approximate surface area is 83.8 Å². The van der Waals surface area contributed by atoms with E-state index in [1.54, 1.807) is 0 Å². The van der Waals surface area contributed by atoms with Gasteiger partial charge in [0.1, 0.15) is 0 Å². The van der Waals surface area contributed by atoms with Crippen LogP contribution in [0.15, 0.2) is 12.7 Å². The number of hydrogen-bond acceptors (Lipinski definition) is 1. The first-order valence-corrected chi connectivity index (χ1v) is 5.41. The number of rotatable bonds is 7. The van der Waals surface area contributed by atoms with E-state index in [-0.39, 0.29) is 5.41 Å². The van der Waals surface area contributed by atoms with E-state index < -0.39 is 0 Å². The van der Waals surface area contributed by atoms with Crippen LogP contribution in [0.2, 0.25) is 0 Å². The lowest BCUT2D eigenvalue weighted by Gasteiger charge is -2.29. The van der Waals surface area contributed by atoms with Gasteiger partial charge in [0.15, 0.2) is 0 Å². The summed E-state index contributed by atoms with van der Waals surface area (Å²) in [7, 11) is 0. The summed E-state index contributed by atoms with van der Waals surface area (Å²) < 4.78 is 0. The molecule has 0 saturated heterocycles. The van der Waals surface area contributed by atoms with E-state index in [0.717, 1.165) is 6.54 Å². The summed E-state index contributed by atoms with van der Waals surface area (Å²) in [6.45, 7) is 16.4. The molecule has 0 aromatic rings. The van der Waals surface area contributed by atoms with Crippen LogP contribution in [0.5, 0.6) is 0 Å². The normalized spacial score (nSPS) is 12.1. The zero-order valence-corrected chi connectivity index (χ0v) is 9.77. The Morgan fingerprint density at radius 1 is 1.15 bits per heavy atom. The Kier molecular flexibility index (Phi) is 6.06. The van der Waals surface area contributed by atoms with E-state index in [4.69, 9.17) is 0 Å². The van der Waals surface area contributed by atoms with Gasteiger partial charge in [-0.05, 0) is 31.3 Å². The highest BCUT2D eigenvalue weighted by Gasteiger charge is 2.16. The second kappa shape index (κ2) is 6.20. The fraction of sp³-hybridized carbons (Fsp3) is 0.833. The third-order valence-corrected chi connectivity index (χ3v) is 2.26. The molecule has 0 N–H and O–H groups in total. The van der Waals surface area contributed by atoms with Crippen molar-refractivity contribution < 1.29 is 0 Å². The third kappa shape index (κ3) is 5.87. The van der Waals surface area contributed by atoms with Crippen LogP contribution in [0.25, 0.3) is 0 Å². The van der Waals surface area contributed by atoms with Gasteiger partial charge < -0.3 is 4.90 Å². The fourth-order valence-corrected chi connectivity index (χ4v) is 1.54. The molecule has 78 valence electrons. The molecule has 0 atom stereocenters. The highest BCUT2D eigenvalue weighted by atomic mass is 15.1. The van der Waals surface area contributed by atoms with Crippen molar-refractivity contribution in [1.82, 2.24) is 4.90 Å². The molecule has 0 aliphatic rings. The average molecular weight is 183 g/mol. The van der Waals surface area contributed by atoms with Gasteiger partial charge in [-0.2, -0.15) is 0 Å². The molecule has 0 saturated carbocycles. The topological polar surface area (TPSA) is 3.24 Å². The highest BCUT2D eigenvalue weighted by molar-refractivity contribution is 4.89. The van der Waals surface area contributed by atoms with Gasteiger partial charge in [-0.1, -0.05) is 33.8 Å². The average Bonchev–Trinajstić information content (AvgIpc) is 2.05. The summed E-state index contributed by atoms with van der Waals surface area (Å²) in [5.74, 6) is 0. The van der Waals surface area contributed by atoms with Crippen molar-refractivity contribution >= 4 is 0 Å². The number of nitrogens with zero attached hydrogens (tertiary/aromatic N) is 1. The van der Waals surface area contributed by atoms with Crippen molar-refractivity contribution in [3.63, 3.8) is 0 Å². The largest absolute Gasteiger partial charge is 0.303 e. The Morgan fingerprint density at radius 3 is 1.92 bits per heavy atom. The first kappa shape index (κ1) is 12.7. The molecule has 1 heteroatoms. The van der Waals surface area contributed by atoms with Crippen molar-refractivity contribution in [2.75, 3.05) is 19.6 Å². The van der Waals surface area contributed by atoms with E-state index in [1.165, 1.54) is 25.9 Å². The fourth-order valence-electron chi connectivity index (χ4n) is 1.54. The van der Waals surface area contributed by atoms with Gasteiger partial charge in [-0.15, -0.1) is 6.58 Å². The molecule has 0 unspecified atom stereocenters. The molecule has 13 heavy (non-hydrogen) atoms. The SMILES string of the molecule is C=CC(C)(C)CN(CCC)CCC. The van der Waals surface area contributed by atoms with Crippen LogP contribution in [-0.2, 0) is 0 Å². The van der Waals surface area contributed by atoms with E-state index in [0.29, 0.717) is 0 Å². The first-order chi connectivity index (χ1) is 6.05. The van der Waals surface area contributed by atoms with Gasteiger partial charge in [0.2, 0.25) is 0 Å². The standard InChI is InChI=1S/C12H25N/c1-6-9-13(10-7-2)11-12(4,5)8-3/h8H,3,6-7,9-11H2,1-2,4-5H3. The van der Waals surface area contributed by atoms with Crippen molar-refractivity contribution in [1.29, 1.82) is 0 Å². The summed E-state index contributed by atoms with van der Waals surface area (Å²) in [6, 6.07) is 0. The lowest BCUT2D eigenvalue weighted by molar-refractivity contribution is 0.210. The van der Waals surface area contributed by atoms with Crippen LogP contribution in [0.4, 0.5) is 0 Å². The van der Waals surface area contributed by atoms with Gasteiger partial charge in [-0.3, -0.25) is 0 Å². The zero-order valence-electron chi connectivity index (χ0n) is 9.77. The van der Waals surface area contributed by atoms with Crippen LogP contribution in [0.1, 0.15) is 40.5 Å². The molecule has 0 fully saturated rings. The van der Waals surface area contributed by atoms with Crippen molar-refractivity contribution in [2.24, 2.45) is 5.41 Å². The Morgan fingerprint density at radius 2 is 1.62 bits per heavy atom. The lowest BCUT2D eigenvalue weighted by Crippen LogP contribution is -2.34. The highest BCUT2D eigenvalue weighted by Crippen LogP contribution is 2.18. The maximum atomic E-state index is 3.88. The molecule has 0 spiro atoms. The second-order valence-electron chi connectivity index (χ2n) is 4.47. The Hall–Kier alpha value is -0.300. The maximum Gasteiger partial charge on any atom is 0.00672 e. The predicted molar refractivity (Wildman–Crippen MR) is 61.0 cm³/mol. The van der Waals surface area contributed by atoms with Crippen LogP contribution in [0, 0.1) is 5.41 Å². The predicted octanol–water partition coefficient (Wildman–Crippen LogP) is 3.32. The second-order valence-corrected chi connectivity index (χ2v) is 4.47. The van der Waals surface area contributed by atoms with Crippen molar-refractivity contribution in [3.8, 4) is 0 Å². The third-order valence-electron chi connectivity index (χ3n) is 2.26. The van der Waals surface area contributed by atoms with Crippen molar-refractivity contribution in [3.05, 3.63) is 12.7 Å². The van der Waals surface area contributed by atoms with Gasteiger partial charge in [0.05, 0.1) is 0 Å². The molecule has 0 aliphatic heterocycles. The molecule has 0 aromatic heterocycles. The summed E-state index contributed by atoms with van der Waals surface area (Å²) >= 11 is 0. The maximum absolute atomic E-state index is 3.88. The molecule has 0 heterocycles. The minimum atomic E-state index is 0.254. The molecule has 0 aromatic carbocycles. The van der Waals surface area contributed by atoms with E-state index in [9.17, 15) is 0 Å². The van der Waals surface area contributed by atoms with E-state index in [1.807, 2.05) is 0 Å². The lowest BCUT2D eigenvalue weighted by atomic mass is 9.93. The van der Waals surface area contributed by atoms with Gasteiger partial charge >= 0.3 is 0 Å². The summed E-state index contributed by atoms with van der Waals surface area (Å²) in [4.78, 5) is 2.53. The minimum absolute atomic E-state index is 0.254. The van der Waals surface area contributed by atoms with Crippen LogP contribution in [-0.4, -0.2) is 24.5 Å². The van der Waals surface area contributed by atoms with Gasteiger partial charge in [-0.25, -0.2) is 0 Å². The Bertz CT molecular complexity index is 132. The zero-order chi connectivity index (χ0) is 10.3. The monoisotopic (exact) mass is 183 g/mol. The van der Waals surface area contributed by atoms with Crippen LogP contribution in [0.3, 0.4) is 0 Å². The van der Waals surface area contributed by atoms with E-state index >= 15 is 0 Å². The molecule has 1 nitrogen and oxygen atoms in total. The molecular weight excluding hydrogens is 158 g/mol. The summed E-state index contributed by atoms with van der Waals surface area (Å²) in [5.41, 5.74) is 0.254. The van der Waals surface area contributed by atoms with Crippen LogP contribution < -0.4 is 0 Å². The number of hydrogen-bond donors (Lipinski definition) is 0. The van der Waals surface area contributed by atoms with E-state index in [2.05, 4.69) is 45.2 Å². The smallest absolute Gasteiger partial charge is 0.00672 e. The molecule has 0 amide bonds. The quantitative estimate of drug-likeness (QED) is 0.547. The molecule has 0 radical (unpaired) electrons. The van der Waals surface area contributed by atoms with Crippen LogP contribution >= 0.6 is 0 Å².